The van der Waals surface area contributed by atoms with E-state index in [1.165, 1.54) is 68.9 Å². The van der Waals surface area contributed by atoms with Crippen LogP contribution in [0.3, 0.4) is 0 Å². The van der Waals surface area contributed by atoms with E-state index in [9.17, 15) is 4.79 Å². The molecule has 0 radical (unpaired) electrons. The lowest BCUT2D eigenvalue weighted by molar-refractivity contribution is -0.903. The fourth-order valence-corrected chi connectivity index (χ4v) is 5.11. The standard InChI is InChI=1S/C35H56NO3/c1-5-7-8-9-10-11-12-13-15-22-31-25-20-26-33(29-31)38-35(21-6-2)39-34(37)27-18-19-28-36(3,4)30-32-23-16-14-17-24-32/h14,16-17,20,23-26,29,35H,5-13,15,18-19,21-22,27-28,30H2,1-4H3/q+1. The number of esters is 1. The van der Waals surface area contributed by atoms with E-state index < -0.39 is 6.29 Å². The van der Waals surface area contributed by atoms with Gasteiger partial charge in [0.05, 0.1) is 20.6 Å². The lowest BCUT2D eigenvalue weighted by Gasteiger charge is -2.30. The van der Waals surface area contributed by atoms with Crippen molar-refractivity contribution in [1.82, 2.24) is 0 Å². The largest absolute Gasteiger partial charge is 0.455 e. The molecule has 1 unspecified atom stereocenters. The molecule has 218 valence electrons. The van der Waals surface area contributed by atoms with E-state index in [1.54, 1.807) is 0 Å². The summed E-state index contributed by atoms with van der Waals surface area (Å²) in [6.45, 7) is 6.39. The lowest BCUT2D eigenvalue weighted by Crippen LogP contribution is -2.39. The molecule has 0 bridgehead atoms. The van der Waals surface area contributed by atoms with Crippen molar-refractivity contribution in [2.24, 2.45) is 0 Å². The van der Waals surface area contributed by atoms with Crippen LogP contribution in [-0.2, 0) is 22.5 Å². The molecule has 0 aliphatic carbocycles. The van der Waals surface area contributed by atoms with Gasteiger partial charge in [-0.1, -0.05) is 108 Å². The zero-order chi connectivity index (χ0) is 28.2. The number of ether oxygens (including phenoxy) is 2. The molecule has 0 fully saturated rings. The van der Waals surface area contributed by atoms with E-state index in [0.29, 0.717) is 12.8 Å². The number of rotatable bonds is 22. The second-order valence-electron chi connectivity index (χ2n) is 11.8. The third kappa shape index (κ3) is 15.8. The number of hydrogen-bond acceptors (Lipinski definition) is 3. The molecule has 39 heavy (non-hydrogen) atoms. The smallest absolute Gasteiger partial charge is 0.308 e. The molecule has 0 aliphatic heterocycles. The number of carbonyl (C=O) groups is 1. The molecule has 0 spiro atoms. The summed E-state index contributed by atoms with van der Waals surface area (Å²) in [7, 11) is 4.50. The van der Waals surface area contributed by atoms with E-state index in [4.69, 9.17) is 9.47 Å². The minimum Gasteiger partial charge on any atom is -0.455 e. The maximum Gasteiger partial charge on any atom is 0.308 e. The first-order chi connectivity index (χ1) is 18.9. The van der Waals surface area contributed by atoms with Gasteiger partial charge in [0.2, 0.25) is 6.29 Å². The van der Waals surface area contributed by atoms with E-state index in [1.807, 2.05) is 6.07 Å². The number of unbranched alkanes of at least 4 members (excludes halogenated alkanes) is 9. The summed E-state index contributed by atoms with van der Waals surface area (Å²) in [5.74, 6) is 0.641. The van der Waals surface area contributed by atoms with Gasteiger partial charge in [-0.15, -0.1) is 0 Å². The summed E-state index contributed by atoms with van der Waals surface area (Å²) in [6.07, 6.45) is 16.5. The summed E-state index contributed by atoms with van der Waals surface area (Å²) in [5.41, 5.74) is 2.65. The van der Waals surface area contributed by atoms with Gasteiger partial charge in [-0.25, -0.2) is 0 Å². The van der Waals surface area contributed by atoms with Crippen LogP contribution in [0.5, 0.6) is 5.75 Å². The van der Waals surface area contributed by atoms with E-state index >= 15 is 0 Å². The van der Waals surface area contributed by atoms with Crippen LogP contribution in [0.4, 0.5) is 0 Å². The van der Waals surface area contributed by atoms with Crippen LogP contribution < -0.4 is 4.74 Å². The van der Waals surface area contributed by atoms with Crippen molar-refractivity contribution in [3.63, 3.8) is 0 Å². The zero-order valence-corrected chi connectivity index (χ0v) is 25.5. The average molecular weight is 539 g/mol. The van der Waals surface area contributed by atoms with Gasteiger partial charge in [-0.3, -0.25) is 4.79 Å². The molecule has 2 aromatic carbocycles. The summed E-state index contributed by atoms with van der Waals surface area (Å²) in [4.78, 5) is 12.6. The topological polar surface area (TPSA) is 35.5 Å². The Kier molecular flexibility index (Phi) is 16.6. The Morgan fingerprint density at radius 1 is 0.744 bits per heavy atom. The van der Waals surface area contributed by atoms with Crippen LogP contribution >= 0.6 is 0 Å². The molecule has 0 N–H and O–H groups in total. The van der Waals surface area contributed by atoms with Crippen LogP contribution in [0.1, 0.15) is 115 Å². The molecule has 0 aliphatic rings. The first-order valence-electron chi connectivity index (χ1n) is 15.7. The maximum absolute atomic E-state index is 12.6. The molecule has 0 saturated carbocycles. The Morgan fingerprint density at radius 3 is 2.10 bits per heavy atom. The summed E-state index contributed by atoms with van der Waals surface area (Å²) >= 11 is 0. The van der Waals surface area contributed by atoms with Gasteiger partial charge in [0, 0.05) is 18.4 Å². The van der Waals surface area contributed by atoms with E-state index in [-0.39, 0.29) is 5.97 Å². The summed E-state index contributed by atoms with van der Waals surface area (Å²) < 4.78 is 12.8. The fourth-order valence-electron chi connectivity index (χ4n) is 5.11. The Hall–Kier alpha value is -2.33. The van der Waals surface area contributed by atoms with Crippen LogP contribution in [-0.4, -0.2) is 37.4 Å². The molecule has 0 amide bonds. The third-order valence-corrected chi connectivity index (χ3v) is 7.37. The van der Waals surface area contributed by atoms with Crippen LogP contribution in [0.2, 0.25) is 0 Å². The zero-order valence-electron chi connectivity index (χ0n) is 25.5. The highest BCUT2D eigenvalue weighted by molar-refractivity contribution is 5.69. The van der Waals surface area contributed by atoms with Gasteiger partial charge in [0.1, 0.15) is 12.3 Å². The Bertz CT molecular complexity index is 896. The Labute approximate surface area is 239 Å². The lowest BCUT2D eigenvalue weighted by atomic mass is 10.0. The Balaban J connectivity index is 1.67. The highest BCUT2D eigenvalue weighted by Crippen LogP contribution is 2.20. The predicted octanol–water partition coefficient (Wildman–Crippen LogP) is 9.26. The third-order valence-electron chi connectivity index (χ3n) is 7.37. The molecular weight excluding hydrogens is 482 g/mol. The highest BCUT2D eigenvalue weighted by Gasteiger charge is 2.18. The second kappa shape index (κ2) is 19.7. The molecule has 1 atom stereocenters. The van der Waals surface area contributed by atoms with Crippen molar-refractivity contribution in [3.8, 4) is 5.75 Å². The molecule has 0 heterocycles. The van der Waals surface area contributed by atoms with E-state index in [2.05, 4.69) is 76.5 Å². The van der Waals surface area contributed by atoms with Crippen molar-refractivity contribution in [2.75, 3.05) is 20.6 Å². The molecule has 2 rings (SSSR count). The van der Waals surface area contributed by atoms with Crippen molar-refractivity contribution in [1.29, 1.82) is 0 Å². The van der Waals surface area contributed by atoms with Crippen molar-refractivity contribution in [3.05, 3.63) is 65.7 Å². The minimum atomic E-state index is -0.518. The minimum absolute atomic E-state index is 0.160. The van der Waals surface area contributed by atoms with Gasteiger partial charge in [-0.2, -0.15) is 0 Å². The van der Waals surface area contributed by atoms with Gasteiger partial charge >= 0.3 is 5.97 Å². The maximum atomic E-state index is 12.6. The molecule has 2 aromatic rings. The van der Waals surface area contributed by atoms with Crippen LogP contribution in [0, 0.1) is 0 Å². The van der Waals surface area contributed by atoms with Crippen LogP contribution in [0.15, 0.2) is 54.6 Å². The number of quaternary nitrogens is 1. The number of hydrogen-bond donors (Lipinski definition) is 0. The SMILES string of the molecule is CCCCCCCCCCCc1cccc(OC(CCC)OC(=O)CCCC[N+](C)(C)Cc2ccccc2)c1. The number of benzene rings is 2. The first-order valence-corrected chi connectivity index (χ1v) is 15.7. The highest BCUT2D eigenvalue weighted by atomic mass is 16.7. The predicted molar refractivity (Wildman–Crippen MR) is 164 cm³/mol. The van der Waals surface area contributed by atoms with Crippen molar-refractivity contribution >= 4 is 5.97 Å². The van der Waals surface area contributed by atoms with Gasteiger partial charge in [-0.05, 0) is 49.8 Å². The van der Waals surface area contributed by atoms with Crippen molar-refractivity contribution in [2.45, 2.75) is 123 Å². The fraction of sp³-hybridized carbons (Fsp3) is 0.629. The second-order valence-corrected chi connectivity index (χ2v) is 11.8. The molecular formula is C35H56NO3+. The summed E-state index contributed by atoms with van der Waals surface area (Å²) in [6, 6.07) is 18.9. The molecule has 0 aromatic heterocycles. The van der Waals surface area contributed by atoms with Gasteiger partial charge in [0.25, 0.3) is 0 Å². The van der Waals surface area contributed by atoms with Crippen molar-refractivity contribution < 1.29 is 18.8 Å². The quantitative estimate of drug-likeness (QED) is 0.0648. The van der Waals surface area contributed by atoms with Gasteiger partial charge < -0.3 is 14.0 Å². The van der Waals surface area contributed by atoms with Crippen LogP contribution in [0.25, 0.3) is 0 Å². The number of aryl methyl sites for hydroxylation is 1. The number of nitrogens with zero attached hydrogens (tertiary/aromatic N) is 1. The molecule has 4 heteroatoms. The summed E-state index contributed by atoms with van der Waals surface area (Å²) in [5, 5.41) is 0. The molecule has 0 saturated heterocycles. The Morgan fingerprint density at radius 2 is 1.41 bits per heavy atom. The average Bonchev–Trinajstić information content (AvgIpc) is 2.91. The number of carbonyl (C=O) groups excluding carboxylic acids is 1. The first kappa shape index (κ1) is 32.9. The molecule has 4 nitrogen and oxygen atoms in total. The van der Waals surface area contributed by atoms with Gasteiger partial charge in [0.15, 0.2) is 0 Å². The van der Waals surface area contributed by atoms with E-state index in [0.717, 1.165) is 49.0 Å². The monoisotopic (exact) mass is 538 g/mol. The normalized spacial score (nSPS) is 12.3.